The fourth-order valence-corrected chi connectivity index (χ4v) is 2.61. The lowest BCUT2D eigenvalue weighted by molar-refractivity contribution is -0.145. The maximum Gasteiger partial charge on any atom is 0.314 e. The van der Waals surface area contributed by atoms with E-state index in [1.807, 2.05) is 6.07 Å². The molecular formula is C15H18Br2N2O4. The number of esters is 1. The minimum absolute atomic E-state index is 0.190. The molecule has 1 unspecified atom stereocenters. The van der Waals surface area contributed by atoms with Crippen molar-refractivity contribution in [3.63, 3.8) is 0 Å². The summed E-state index contributed by atoms with van der Waals surface area (Å²) in [4.78, 5) is 23.3. The molecule has 0 aliphatic heterocycles. The number of rotatable bonds is 7. The minimum atomic E-state index is -0.517. The van der Waals surface area contributed by atoms with Crippen molar-refractivity contribution in [2.75, 3.05) is 13.2 Å². The lowest BCUT2D eigenvalue weighted by atomic mass is 10.1. The van der Waals surface area contributed by atoms with E-state index < -0.39 is 11.8 Å². The van der Waals surface area contributed by atoms with E-state index in [4.69, 9.17) is 9.47 Å². The Labute approximate surface area is 151 Å². The number of nitrogens with one attached hydrogen (secondary N) is 1. The molecule has 1 aromatic rings. The summed E-state index contributed by atoms with van der Waals surface area (Å²) in [6, 6.07) is 5.36. The summed E-state index contributed by atoms with van der Waals surface area (Å²) >= 11 is 6.68. The van der Waals surface area contributed by atoms with Gasteiger partial charge in [0.15, 0.2) is 6.61 Å². The van der Waals surface area contributed by atoms with Crippen LogP contribution in [0.2, 0.25) is 0 Å². The minimum Gasteiger partial charge on any atom is -0.483 e. The smallest absolute Gasteiger partial charge is 0.314 e. The van der Waals surface area contributed by atoms with Crippen molar-refractivity contribution < 1.29 is 19.1 Å². The Balaban J connectivity index is 2.50. The number of hydrazone groups is 1. The zero-order valence-electron chi connectivity index (χ0n) is 13.1. The SMILES string of the molecule is CCOC(=O)C(C)C(C)=NNC(=O)COc1ccc(Br)cc1Br. The Kier molecular flexibility index (Phi) is 8.25. The summed E-state index contributed by atoms with van der Waals surface area (Å²) in [6.07, 6.45) is 0. The Morgan fingerprint density at radius 1 is 1.35 bits per heavy atom. The van der Waals surface area contributed by atoms with Crippen LogP contribution in [-0.2, 0) is 14.3 Å². The lowest BCUT2D eigenvalue weighted by Crippen LogP contribution is -2.28. The van der Waals surface area contributed by atoms with E-state index in [1.54, 1.807) is 32.9 Å². The van der Waals surface area contributed by atoms with E-state index in [0.717, 1.165) is 8.95 Å². The number of hydrogen-bond acceptors (Lipinski definition) is 5. The van der Waals surface area contributed by atoms with Gasteiger partial charge in [0.25, 0.3) is 5.91 Å². The first-order valence-electron chi connectivity index (χ1n) is 6.92. The van der Waals surface area contributed by atoms with Crippen molar-refractivity contribution in [3.05, 3.63) is 27.1 Å². The highest BCUT2D eigenvalue weighted by atomic mass is 79.9. The molecule has 23 heavy (non-hydrogen) atoms. The number of amides is 1. The lowest BCUT2D eigenvalue weighted by Gasteiger charge is -2.10. The van der Waals surface area contributed by atoms with Crippen molar-refractivity contribution >= 4 is 49.4 Å². The molecule has 0 saturated carbocycles. The van der Waals surface area contributed by atoms with Crippen LogP contribution in [0.1, 0.15) is 20.8 Å². The molecule has 0 fully saturated rings. The number of halogens is 2. The van der Waals surface area contributed by atoms with Gasteiger partial charge in [-0.1, -0.05) is 15.9 Å². The number of benzene rings is 1. The van der Waals surface area contributed by atoms with Gasteiger partial charge in [0.05, 0.1) is 17.0 Å². The van der Waals surface area contributed by atoms with Crippen LogP contribution < -0.4 is 10.2 Å². The predicted molar refractivity (Wildman–Crippen MR) is 94.4 cm³/mol. The summed E-state index contributed by atoms with van der Waals surface area (Å²) in [5.74, 6) is -0.769. The molecule has 1 aromatic carbocycles. The van der Waals surface area contributed by atoms with Crippen LogP contribution in [-0.4, -0.2) is 30.8 Å². The van der Waals surface area contributed by atoms with Crippen LogP contribution in [0.15, 0.2) is 32.2 Å². The fourth-order valence-electron chi connectivity index (χ4n) is 1.45. The van der Waals surface area contributed by atoms with Gasteiger partial charge in [-0.2, -0.15) is 5.10 Å². The van der Waals surface area contributed by atoms with Gasteiger partial charge in [0.1, 0.15) is 5.75 Å². The standard InChI is InChI=1S/C15H18Br2N2O4/c1-4-22-15(21)9(2)10(3)18-19-14(20)8-23-13-6-5-11(16)7-12(13)17/h5-7,9H,4,8H2,1-3H3,(H,19,20). The highest BCUT2D eigenvalue weighted by molar-refractivity contribution is 9.11. The van der Waals surface area contributed by atoms with Gasteiger partial charge in [-0.05, 0) is 54.9 Å². The Morgan fingerprint density at radius 2 is 2.04 bits per heavy atom. The average Bonchev–Trinajstić information content (AvgIpc) is 2.51. The van der Waals surface area contributed by atoms with Crippen molar-refractivity contribution in [1.82, 2.24) is 5.43 Å². The van der Waals surface area contributed by atoms with Crippen molar-refractivity contribution in [2.24, 2.45) is 11.0 Å². The van der Waals surface area contributed by atoms with Gasteiger partial charge in [-0.3, -0.25) is 9.59 Å². The first-order chi connectivity index (χ1) is 10.8. The molecule has 1 amide bonds. The zero-order valence-corrected chi connectivity index (χ0v) is 16.2. The second-order valence-corrected chi connectivity index (χ2v) is 6.40. The van der Waals surface area contributed by atoms with Gasteiger partial charge in [0.2, 0.25) is 0 Å². The quantitative estimate of drug-likeness (QED) is 0.393. The Bertz CT molecular complexity index is 605. The number of carbonyl (C=O) groups is 2. The largest absolute Gasteiger partial charge is 0.483 e. The highest BCUT2D eigenvalue weighted by Crippen LogP contribution is 2.28. The van der Waals surface area contributed by atoms with Crippen LogP contribution >= 0.6 is 31.9 Å². The summed E-state index contributed by atoms with van der Waals surface area (Å²) < 4.78 is 11.9. The van der Waals surface area contributed by atoms with Crippen LogP contribution in [0.5, 0.6) is 5.75 Å². The van der Waals surface area contributed by atoms with Crippen molar-refractivity contribution in [2.45, 2.75) is 20.8 Å². The van der Waals surface area contributed by atoms with Gasteiger partial charge in [-0.25, -0.2) is 5.43 Å². The van der Waals surface area contributed by atoms with E-state index in [-0.39, 0.29) is 12.6 Å². The molecule has 6 nitrogen and oxygen atoms in total. The number of ether oxygens (including phenoxy) is 2. The number of nitrogens with zero attached hydrogens (tertiary/aromatic N) is 1. The molecule has 0 spiro atoms. The molecule has 0 aliphatic carbocycles. The maximum atomic E-state index is 11.7. The van der Waals surface area contributed by atoms with Gasteiger partial charge in [-0.15, -0.1) is 0 Å². The first-order valence-corrected chi connectivity index (χ1v) is 8.51. The molecule has 0 aromatic heterocycles. The second kappa shape index (κ2) is 9.67. The third-order valence-corrected chi connectivity index (χ3v) is 3.99. The van der Waals surface area contributed by atoms with Crippen molar-refractivity contribution in [3.8, 4) is 5.75 Å². The van der Waals surface area contributed by atoms with E-state index in [0.29, 0.717) is 18.1 Å². The van der Waals surface area contributed by atoms with Crippen molar-refractivity contribution in [1.29, 1.82) is 0 Å². The molecule has 1 N–H and O–H groups in total. The molecule has 0 saturated heterocycles. The molecule has 1 rings (SSSR count). The zero-order chi connectivity index (χ0) is 17.4. The fraction of sp³-hybridized carbons (Fsp3) is 0.400. The monoisotopic (exact) mass is 448 g/mol. The van der Waals surface area contributed by atoms with Crippen LogP contribution in [0, 0.1) is 5.92 Å². The molecule has 0 radical (unpaired) electrons. The van der Waals surface area contributed by atoms with Crippen LogP contribution in [0.4, 0.5) is 0 Å². The molecule has 1 atom stereocenters. The molecule has 126 valence electrons. The number of hydrogen-bond donors (Lipinski definition) is 1. The van der Waals surface area contributed by atoms with Gasteiger partial charge >= 0.3 is 5.97 Å². The van der Waals surface area contributed by atoms with E-state index in [9.17, 15) is 9.59 Å². The summed E-state index contributed by atoms with van der Waals surface area (Å²) in [5, 5.41) is 3.89. The van der Waals surface area contributed by atoms with Crippen LogP contribution in [0.3, 0.4) is 0 Å². The maximum absolute atomic E-state index is 11.7. The van der Waals surface area contributed by atoms with E-state index in [2.05, 4.69) is 42.4 Å². The molecule has 0 aliphatic rings. The first kappa shape index (κ1) is 19.6. The summed E-state index contributed by atoms with van der Waals surface area (Å²) in [5.41, 5.74) is 2.81. The third-order valence-electron chi connectivity index (χ3n) is 2.88. The number of carbonyl (C=O) groups excluding carboxylic acids is 2. The molecular weight excluding hydrogens is 432 g/mol. The molecule has 0 heterocycles. The topological polar surface area (TPSA) is 77.0 Å². The summed E-state index contributed by atoms with van der Waals surface area (Å²) in [6.45, 7) is 5.16. The molecule has 0 bridgehead atoms. The Hall–Kier alpha value is -1.41. The van der Waals surface area contributed by atoms with Crippen LogP contribution in [0.25, 0.3) is 0 Å². The second-order valence-electron chi connectivity index (χ2n) is 4.63. The van der Waals surface area contributed by atoms with Gasteiger partial charge < -0.3 is 9.47 Å². The highest BCUT2D eigenvalue weighted by Gasteiger charge is 2.17. The predicted octanol–water partition coefficient (Wildman–Crippen LogP) is 3.28. The molecule has 8 heteroatoms. The average molecular weight is 450 g/mol. The Morgan fingerprint density at radius 3 is 2.65 bits per heavy atom. The van der Waals surface area contributed by atoms with Gasteiger partial charge in [0, 0.05) is 10.2 Å². The van der Waals surface area contributed by atoms with E-state index in [1.165, 1.54) is 0 Å². The summed E-state index contributed by atoms with van der Waals surface area (Å²) in [7, 11) is 0. The third kappa shape index (κ3) is 6.70. The normalized spacial score (nSPS) is 12.5. The van der Waals surface area contributed by atoms with E-state index >= 15 is 0 Å².